The van der Waals surface area contributed by atoms with Crippen molar-refractivity contribution in [2.45, 2.75) is 39.8 Å². The van der Waals surface area contributed by atoms with E-state index in [0.717, 1.165) is 44.3 Å². The standard InChI is InChI=1S/C14H28N4O/c1-6-8-15-9-13-11-19-14(16-13)18(7-2)12(3)10-17(4)5/h11-12,15H,6-10H2,1-5H3. The van der Waals surface area contributed by atoms with Gasteiger partial charge in [-0.3, -0.25) is 0 Å². The second-order valence-corrected chi connectivity index (χ2v) is 5.20. The first-order chi connectivity index (χ1) is 9.08. The van der Waals surface area contributed by atoms with E-state index >= 15 is 0 Å². The molecule has 1 rings (SSSR count). The summed E-state index contributed by atoms with van der Waals surface area (Å²) in [5.74, 6) is 0. The minimum Gasteiger partial charge on any atom is -0.432 e. The maximum Gasteiger partial charge on any atom is 0.297 e. The van der Waals surface area contributed by atoms with E-state index in [-0.39, 0.29) is 0 Å². The van der Waals surface area contributed by atoms with E-state index in [2.05, 4.69) is 55.0 Å². The van der Waals surface area contributed by atoms with Gasteiger partial charge in [-0.2, -0.15) is 4.98 Å². The molecule has 0 radical (unpaired) electrons. The highest BCUT2D eigenvalue weighted by atomic mass is 16.4. The molecule has 0 amide bonds. The lowest BCUT2D eigenvalue weighted by atomic mass is 10.3. The molecule has 1 aromatic rings. The molecule has 1 N–H and O–H groups in total. The molecule has 0 aromatic carbocycles. The fourth-order valence-corrected chi connectivity index (χ4v) is 2.17. The van der Waals surface area contributed by atoms with Gasteiger partial charge >= 0.3 is 0 Å². The molecular weight excluding hydrogens is 240 g/mol. The zero-order chi connectivity index (χ0) is 14.3. The summed E-state index contributed by atoms with van der Waals surface area (Å²) >= 11 is 0. The molecule has 0 saturated carbocycles. The molecule has 5 heteroatoms. The molecule has 1 atom stereocenters. The van der Waals surface area contributed by atoms with Crippen LogP contribution in [0.3, 0.4) is 0 Å². The number of aromatic nitrogens is 1. The first-order valence-electron chi connectivity index (χ1n) is 7.14. The molecule has 0 bridgehead atoms. The van der Waals surface area contributed by atoms with E-state index in [1.165, 1.54) is 0 Å². The highest BCUT2D eigenvalue weighted by molar-refractivity contribution is 5.28. The van der Waals surface area contributed by atoms with Crippen molar-refractivity contribution >= 4 is 6.01 Å². The molecule has 19 heavy (non-hydrogen) atoms. The van der Waals surface area contributed by atoms with Crippen LogP contribution in [0.2, 0.25) is 0 Å². The van der Waals surface area contributed by atoms with Gasteiger partial charge in [0, 0.05) is 25.7 Å². The van der Waals surface area contributed by atoms with Gasteiger partial charge in [-0.1, -0.05) is 6.92 Å². The zero-order valence-electron chi connectivity index (χ0n) is 12.9. The van der Waals surface area contributed by atoms with Crippen LogP contribution in [0.5, 0.6) is 0 Å². The summed E-state index contributed by atoms with van der Waals surface area (Å²) in [5, 5.41) is 3.33. The van der Waals surface area contributed by atoms with Gasteiger partial charge in [0.25, 0.3) is 6.01 Å². The first-order valence-corrected chi connectivity index (χ1v) is 7.14. The topological polar surface area (TPSA) is 44.5 Å². The minimum atomic E-state index is 0.384. The van der Waals surface area contributed by atoms with Crippen molar-refractivity contribution in [3.05, 3.63) is 12.0 Å². The fraction of sp³-hybridized carbons (Fsp3) is 0.786. The van der Waals surface area contributed by atoms with Gasteiger partial charge < -0.3 is 19.5 Å². The Morgan fingerprint density at radius 2 is 2.11 bits per heavy atom. The van der Waals surface area contributed by atoms with Crippen LogP contribution in [0.25, 0.3) is 0 Å². The van der Waals surface area contributed by atoms with Gasteiger partial charge in [0.05, 0.1) is 5.69 Å². The van der Waals surface area contributed by atoms with Crippen LogP contribution < -0.4 is 10.2 Å². The molecule has 0 spiro atoms. The minimum absolute atomic E-state index is 0.384. The highest BCUT2D eigenvalue weighted by Gasteiger charge is 2.18. The SMILES string of the molecule is CCCNCc1coc(N(CC)C(C)CN(C)C)n1. The van der Waals surface area contributed by atoms with Crippen LogP contribution in [0, 0.1) is 0 Å². The number of hydrogen-bond donors (Lipinski definition) is 1. The number of anilines is 1. The van der Waals surface area contributed by atoms with Crippen molar-refractivity contribution in [1.82, 2.24) is 15.2 Å². The summed E-state index contributed by atoms with van der Waals surface area (Å²) in [4.78, 5) is 8.94. The van der Waals surface area contributed by atoms with Crippen molar-refractivity contribution in [3.8, 4) is 0 Å². The lowest BCUT2D eigenvalue weighted by molar-refractivity contribution is 0.363. The van der Waals surface area contributed by atoms with Gasteiger partial charge in [-0.15, -0.1) is 0 Å². The highest BCUT2D eigenvalue weighted by Crippen LogP contribution is 2.16. The van der Waals surface area contributed by atoms with E-state index in [0.29, 0.717) is 6.04 Å². The Balaban J connectivity index is 2.60. The average molecular weight is 268 g/mol. The molecule has 0 fully saturated rings. The molecule has 1 heterocycles. The number of likely N-dealkylation sites (N-methyl/N-ethyl adjacent to an activating group) is 2. The van der Waals surface area contributed by atoms with Gasteiger partial charge in [0.1, 0.15) is 6.26 Å². The van der Waals surface area contributed by atoms with Crippen LogP contribution in [-0.4, -0.2) is 49.7 Å². The van der Waals surface area contributed by atoms with Gasteiger partial charge in [-0.05, 0) is 40.9 Å². The quantitative estimate of drug-likeness (QED) is 0.694. The van der Waals surface area contributed by atoms with Crippen LogP contribution in [-0.2, 0) is 6.54 Å². The predicted octanol–water partition coefficient (Wildman–Crippen LogP) is 1.95. The van der Waals surface area contributed by atoms with Crippen LogP contribution >= 0.6 is 0 Å². The molecular formula is C14H28N4O. The predicted molar refractivity (Wildman–Crippen MR) is 79.5 cm³/mol. The Labute approximate surface area is 117 Å². The first kappa shape index (κ1) is 16.0. The third kappa shape index (κ3) is 5.20. The smallest absolute Gasteiger partial charge is 0.297 e. The maximum atomic E-state index is 5.61. The molecule has 5 nitrogen and oxygen atoms in total. The molecule has 0 aliphatic heterocycles. The average Bonchev–Trinajstić information content (AvgIpc) is 2.78. The summed E-state index contributed by atoms with van der Waals surface area (Å²) in [6.07, 6.45) is 2.88. The largest absolute Gasteiger partial charge is 0.432 e. The van der Waals surface area contributed by atoms with E-state index in [1.54, 1.807) is 6.26 Å². The van der Waals surface area contributed by atoms with Crippen LogP contribution in [0.1, 0.15) is 32.9 Å². The summed E-state index contributed by atoms with van der Waals surface area (Å²) in [6, 6.07) is 1.11. The van der Waals surface area contributed by atoms with E-state index < -0.39 is 0 Å². The lowest BCUT2D eigenvalue weighted by Crippen LogP contribution is -2.40. The Hall–Kier alpha value is -1.07. The third-order valence-corrected chi connectivity index (χ3v) is 3.02. The van der Waals surface area contributed by atoms with Crippen molar-refractivity contribution < 1.29 is 4.42 Å². The van der Waals surface area contributed by atoms with Gasteiger partial charge in [0.15, 0.2) is 0 Å². The van der Waals surface area contributed by atoms with Crippen molar-refractivity contribution in [2.24, 2.45) is 0 Å². The normalized spacial score (nSPS) is 12.9. The van der Waals surface area contributed by atoms with E-state index in [4.69, 9.17) is 4.42 Å². The molecule has 1 aromatic heterocycles. The van der Waals surface area contributed by atoms with E-state index in [1.807, 2.05) is 0 Å². The Bertz CT molecular complexity index is 351. The summed E-state index contributed by atoms with van der Waals surface area (Å²) in [6.45, 7) is 10.2. The molecule has 1 unspecified atom stereocenters. The number of nitrogens with zero attached hydrogens (tertiary/aromatic N) is 3. The van der Waals surface area contributed by atoms with Crippen molar-refractivity contribution in [3.63, 3.8) is 0 Å². The van der Waals surface area contributed by atoms with Crippen molar-refractivity contribution in [2.75, 3.05) is 38.6 Å². The molecule has 0 saturated heterocycles. The number of rotatable bonds is 9. The fourth-order valence-electron chi connectivity index (χ4n) is 2.17. The Kier molecular flexibility index (Phi) is 6.87. The van der Waals surface area contributed by atoms with Crippen LogP contribution in [0.4, 0.5) is 6.01 Å². The van der Waals surface area contributed by atoms with Crippen molar-refractivity contribution in [1.29, 1.82) is 0 Å². The second kappa shape index (κ2) is 8.17. The summed E-state index contributed by atoms with van der Waals surface area (Å²) < 4.78 is 5.61. The number of oxazole rings is 1. The summed E-state index contributed by atoms with van der Waals surface area (Å²) in [7, 11) is 4.17. The van der Waals surface area contributed by atoms with Crippen LogP contribution in [0.15, 0.2) is 10.7 Å². The molecule has 0 aliphatic carbocycles. The Morgan fingerprint density at radius 1 is 1.37 bits per heavy atom. The molecule has 110 valence electrons. The zero-order valence-corrected chi connectivity index (χ0v) is 12.9. The number of nitrogens with one attached hydrogen (secondary N) is 1. The number of hydrogen-bond acceptors (Lipinski definition) is 5. The maximum absolute atomic E-state index is 5.61. The van der Waals surface area contributed by atoms with E-state index in [9.17, 15) is 0 Å². The molecule has 0 aliphatic rings. The van der Waals surface area contributed by atoms with Gasteiger partial charge in [-0.25, -0.2) is 0 Å². The Morgan fingerprint density at radius 3 is 2.68 bits per heavy atom. The second-order valence-electron chi connectivity index (χ2n) is 5.20. The monoisotopic (exact) mass is 268 g/mol. The lowest BCUT2D eigenvalue weighted by Gasteiger charge is -2.28. The van der Waals surface area contributed by atoms with Gasteiger partial charge in [0.2, 0.25) is 0 Å². The third-order valence-electron chi connectivity index (χ3n) is 3.02. The summed E-state index contributed by atoms with van der Waals surface area (Å²) in [5.41, 5.74) is 0.971.